The zero-order chi connectivity index (χ0) is 11.1. The summed E-state index contributed by atoms with van der Waals surface area (Å²) in [4.78, 5) is 14.6. The van der Waals surface area contributed by atoms with Crippen LogP contribution in [0.1, 0.15) is 18.9 Å². The van der Waals surface area contributed by atoms with Gasteiger partial charge in [0.25, 0.3) is 0 Å². The number of allylic oxidation sites excluding steroid dienone is 1. The van der Waals surface area contributed by atoms with Crippen molar-refractivity contribution >= 4 is 34.6 Å². The van der Waals surface area contributed by atoms with Crippen molar-refractivity contribution in [2.24, 2.45) is 0 Å². The van der Waals surface area contributed by atoms with E-state index in [-0.39, 0.29) is 5.12 Å². The molecule has 0 aliphatic rings. The van der Waals surface area contributed by atoms with Gasteiger partial charge in [0, 0.05) is 30.6 Å². The first-order chi connectivity index (χ1) is 7.20. The molecule has 2 nitrogen and oxygen atoms in total. The average Bonchev–Trinajstić information content (AvgIpc) is 2.20. The molecule has 0 radical (unpaired) electrons. The highest BCUT2D eigenvalue weighted by Crippen LogP contribution is 2.15. The van der Waals surface area contributed by atoms with Gasteiger partial charge in [-0.25, -0.2) is 0 Å². The maximum Gasteiger partial charge on any atom is 0.185 e. The van der Waals surface area contributed by atoms with Crippen LogP contribution in [0.4, 0.5) is 0 Å². The molecule has 0 spiro atoms. The van der Waals surface area contributed by atoms with Crippen LogP contribution in [-0.4, -0.2) is 15.9 Å². The Morgan fingerprint density at radius 1 is 1.67 bits per heavy atom. The second-order valence-corrected chi connectivity index (χ2v) is 4.61. The van der Waals surface area contributed by atoms with Crippen molar-refractivity contribution in [1.82, 2.24) is 4.98 Å². The van der Waals surface area contributed by atoms with Gasteiger partial charge in [0.05, 0.1) is 5.02 Å². The number of carbonyl (C=O) groups excluding carboxylic acids is 1. The molecule has 0 aliphatic carbocycles. The van der Waals surface area contributed by atoms with Gasteiger partial charge in [-0.05, 0) is 12.5 Å². The number of pyridine rings is 1. The summed E-state index contributed by atoms with van der Waals surface area (Å²) in [6.07, 6.45) is 8.16. The molecule has 0 aromatic carbocycles. The van der Waals surface area contributed by atoms with Crippen molar-refractivity contribution in [3.05, 3.63) is 35.1 Å². The Morgan fingerprint density at radius 2 is 2.47 bits per heavy atom. The standard InChI is InChI=1S/C11H12ClNOS/c1-9(14)15-7-3-2-4-10-8-13-6-5-11(10)12/h2,4-6,8H,3,7H2,1H3. The molecule has 0 saturated heterocycles. The zero-order valence-electron chi connectivity index (χ0n) is 8.44. The summed E-state index contributed by atoms with van der Waals surface area (Å²) in [5.74, 6) is 0.809. The number of nitrogens with zero attached hydrogens (tertiary/aromatic N) is 1. The number of carbonyl (C=O) groups is 1. The van der Waals surface area contributed by atoms with Gasteiger partial charge < -0.3 is 0 Å². The van der Waals surface area contributed by atoms with Crippen LogP contribution in [-0.2, 0) is 4.79 Å². The minimum Gasteiger partial charge on any atom is -0.288 e. The molecular formula is C11H12ClNOS. The zero-order valence-corrected chi connectivity index (χ0v) is 10.0. The summed E-state index contributed by atoms with van der Waals surface area (Å²) in [5, 5.41) is 0.850. The normalized spacial score (nSPS) is 10.8. The van der Waals surface area contributed by atoms with Gasteiger partial charge in [-0.15, -0.1) is 0 Å². The highest BCUT2D eigenvalue weighted by Gasteiger charge is 1.94. The van der Waals surface area contributed by atoms with Crippen molar-refractivity contribution in [3.63, 3.8) is 0 Å². The van der Waals surface area contributed by atoms with E-state index in [0.717, 1.165) is 17.7 Å². The SMILES string of the molecule is CC(=O)SCCC=Cc1cnccc1Cl. The van der Waals surface area contributed by atoms with Crippen molar-refractivity contribution in [2.45, 2.75) is 13.3 Å². The Hall–Kier alpha value is -0.800. The molecule has 0 bridgehead atoms. The number of aromatic nitrogens is 1. The van der Waals surface area contributed by atoms with Crippen LogP contribution in [0.3, 0.4) is 0 Å². The Bertz CT molecular complexity index is 365. The smallest absolute Gasteiger partial charge is 0.185 e. The summed E-state index contributed by atoms with van der Waals surface area (Å²) >= 11 is 7.27. The largest absolute Gasteiger partial charge is 0.288 e. The molecule has 0 unspecified atom stereocenters. The molecule has 0 amide bonds. The third-order valence-corrected chi connectivity index (χ3v) is 2.87. The quantitative estimate of drug-likeness (QED) is 0.757. The van der Waals surface area contributed by atoms with Gasteiger partial charge in [0.15, 0.2) is 5.12 Å². The lowest BCUT2D eigenvalue weighted by Crippen LogP contribution is -1.84. The van der Waals surface area contributed by atoms with Crippen LogP contribution in [0.25, 0.3) is 6.08 Å². The summed E-state index contributed by atoms with van der Waals surface area (Å²) in [7, 11) is 0. The number of rotatable bonds is 4. The van der Waals surface area contributed by atoms with E-state index in [4.69, 9.17) is 11.6 Å². The van der Waals surface area contributed by atoms with Crippen LogP contribution in [0.2, 0.25) is 5.02 Å². The molecule has 0 fully saturated rings. The Kier molecular flexibility index (Phi) is 5.43. The highest BCUT2D eigenvalue weighted by molar-refractivity contribution is 8.13. The van der Waals surface area contributed by atoms with Gasteiger partial charge in [-0.1, -0.05) is 35.5 Å². The van der Waals surface area contributed by atoms with E-state index in [1.54, 1.807) is 25.4 Å². The molecule has 80 valence electrons. The number of hydrogen-bond donors (Lipinski definition) is 0. The minimum absolute atomic E-state index is 0.155. The van der Waals surface area contributed by atoms with Gasteiger partial charge in [0.2, 0.25) is 0 Å². The number of halogens is 1. The lowest BCUT2D eigenvalue weighted by Gasteiger charge is -1.95. The van der Waals surface area contributed by atoms with Crippen molar-refractivity contribution < 1.29 is 4.79 Å². The second-order valence-electron chi connectivity index (χ2n) is 2.93. The third-order valence-electron chi connectivity index (χ3n) is 1.68. The molecule has 0 saturated carbocycles. The van der Waals surface area contributed by atoms with E-state index >= 15 is 0 Å². The average molecular weight is 242 g/mol. The summed E-state index contributed by atoms with van der Waals surface area (Å²) in [6.45, 7) is 1.58. The van der Waals surface area contributed by atoms with Crippen LogP contribution in [0.5, 0.6) is 0 Å². The van der Waals surface area contributed by atoms with Crippen LogP contribution in [0, 0.1) is 0 Å². The summed E-state index contributed by atoms with van der Waals surface area (Å²) in [6, 6.07) is 1.76. The van der Waals surface area contributed by atoms with E-state index in [1.807, 2.05) is 12.2 Å². The van der Waals surface area contributed by atoms with E-state index in [9.17, 15) is 4.79 Å². The van der Waals surface area contributed by atoms with Crippen molar-refractivity contribution in [2.75, 3.05) is 5.75 Å². The van der Waals surface area contributed by atoms with Gasteiger partial charge in [-0.2, -0.15) is 0 Å². The molecular weight excluding hydrogens is 230 g/mol. The van der Waals surface area contributed by atoms with Crippen molar-refractivity contribution in [1.29, 1.82) is 0 Å². The molecule has 1 heterocycles. The topological polar surface area (TPSA) is 30.0 Å². The van der Waals surface area contributed by atoms with E-state index < -0.39 is 0 Å². The highest BCUT2D eigenvalue weighted by atomic mass is 35.5. The van der Waals surface area contributed by atoms with E-state index in [1.165, 1.54) is 11.8 Å². The van der Waals surface area contributed by atoms with Gasteiger partial charge in [-0.3, -0.25) is 9.78 Å². The summed E-state index contributed by atoms with van der Waals surface area (Å²) < 4.78 is 0. The van der Waals surface area contributed by atoms with Crippen molar-refractivity contribution in [3.8, 4) is 0 Å². The molecule has 1 rings (SSSR count). The molecule has 0 N–H and O–H groups in total. The lowest BCUT2D eigenvalue weighted by atomic mass is 10.2. The fourth-order valence-electron chi connectivity index (χ4n) is 0.993. The second kappa shape index (κ2) is 6.64. The Morgan fingerprint density at radius 3 is 3.13 bits per heavy atom. The fourth-order valence-corrected chi connectivity index (χ4v) is 1.70. The fraction of sp³-hybridized carbons (Fsp3) is 0.273. The molecule has 1 aromatic rings. The monoisotopic (exact) mass is 241 g/mol. The third kappa shape index (κ3) is 5.00. The first-order valence-corrected chi connectivity index (χ1v) is 5.96. The summed E-state index contributed by atoms with van der Waals surface area (Å²) in [5.41, 5.74) is 0.909. The van der Waals surface area contributed by atoms with E-state index in [2.05, 4.69) is 4.98 Å². The van der Waals surface area contributed by atoms with Crippen LogP contribution < -0.4 is 0 Å². The minimum atomic E-state index is 0.155. The maximum absolute atomic E-state index is 10.6. The van der Waals surface area contributed by atoms with Gasteiger partial charge >= 0.3 is 0 Å². The first kappa shape index (κ1) is 12.3. The molecule has 0 atom stereocenters. The molecule has 4 heteroatoms. The Labute approximate surface area is 98.7 Å². The first-order valence-electron chi connectivity index (χ1n) is 4.59. The number of thioether (sulfide) groups is 1. The Balaban J connectivity index is 2.38. The number of hydrogen-bond acceptors (Lipinski definition) is 3. The molecule has 15 heavy (non-hydrogen) atoms. The molecule has 1 aromatic heterocycles. The lowest BCUT2D eigenvalue weighted by molar-refractivity contribution is -0.109. The van der Waals surface area contributed by atoms with Crippen LogP contribution in [0.15, 0.2) is 24.5 Å². The maximum atomic E-state index is 10.6. The van der Waals surface area contributed by atoms with E-state index in [0.29, 0.717) is 5.02 Å². The van der Waals surface area contributed by atoms with Crippen LogP contribution >= 0.6 is 23.4 Å². The van der Waals surface area contributed by atoms with Gasteiger partial charge in [0.1, 0.15) is 0 Å². The molecule has 0 aliphatic heterocycles. The predicted molar refractivity (Wildman–Crippen MR) is 66.0 cm³/mol. The predicted octanol–water partition coefficient (Wildman–Crippen LogP) is 3.42.